The number of rotatable bonds is 10. The van der Waals surface area contributed by atoms with Crippen LogP contribution in [-0.4, -0.2) is 44.7 Å². The van der Waals surface area contributed by atoms with Gasteiger partial charge < -0.3 is 14.7 Å². The van der Waals surface area contributed by atoms with Gasteiger partial charge in [-0.05, 0) is 37.3 Å². The summed E-state index contributed by atoms with van der Waals surface area (Å²) in [5.74, 6) is -0.460. The molecule has 0 radical (unpaired) electrons. The van der Waals surface area contributed by atoms with Crippen LogP contribution in [0.4, 0.5) is 11.4 Å². The molecular weight excluding hydrogens is 458 g/mol. The van der Waals surface area contributed by atoms with Crippen molar-refractivity contribution in [2.75, 3.05) is 30.1 Å². The average Bonchev–Trinajstić information content (AvgIpc) is 2.90. The molecule has 1 unspecified atom stereocenters. The molecule has 8 heteroatoms. The minimum absolute atomic E-state index is 0.0144. The molecule has 6 nitrogen and oxygen atoms in total. The smallest absolute Gasteiger partial charge is 0.306 e. The first-order chi connectivity index (χ1) is 15.7. The Bertz CT molecular complexity index is 1070. The Kier molecular flexibility index (Phi) is 8.34. The molecule has 1 N–H and O–H groups in total. The maximum absolute atomic E-state index is 13.8. The predicted molar refractivity (Wildman–Crippen MR) is 134 cm³/mol. The molecular formula is C25H33NO5S2. The number of anilines is 2. The van der Waals surface area contributed by atoms with Crippen molar-refractivity contribution in [2.24, 2.45) is 5.41 Å². The first kappa shape index (κ1) is 25.4. The lowest BCUT2D eigenvalue weighted by Gasteiger charge is -2.36. The summed E-state index contributed by atoms with van der Waals surface area (Å²) in [5.41, 5.74) is 1.24. The van der Waals surface area contributed by atoms with E-state index in [-0.39, 0.29) is 29.1 Å². The lowest BCUT2D eigenvalue weighted by atomic mass is 9.81. The highest BCUT2D eigenvalue weighted by atomic mass is 32.2. The summed E-state index contributed by atoms with van der Waals surface area (Å²) < 4.78 is 33.3. The monoisotopic (exact) mass is 491 g/mol. The third kappa shape index (κ3) is 5.84. The van der Waals surface area contributed by atoms with E-state index in [1.165, 1.54) is 11.8 Å². The number of carboxylic acids is 1. The first-order valence-electron chi connectivity index (χ1n) is 11.4. The van der Waals surface area contributed by atoms with Gasteiger partial charge in [0.2, 0.25) is 0 Å². The summed E-state index contributed by atoms with van der Waals surface area (Å²) in [6.07, 6.45) is 5.35. The Labute approximate surface area is 201 Å². The number of nitrogens with zero attached hydrogens (tertiary/aromatic N) is 1. The van der Waals surface area contributed by atoms with Gasteiger partial charge in [-0.3, -0.25) is 4.79 Å². The molecule has 2 aromatic rings. The molecule has 180 valence electrons. The fourth-order valence-electron chi connectivity index (χ4n) is 4.39. The van der Waals surface area contributed by atoms with Gasteiger partial charge >= 0.3 is 5.97 Å². The normalized spacial score (nSPS) is 19.5. The fraction of sp³-hybridized carbons (Fsp3) is 0.480. The van der Waals surface area contributed by atoms with Crippen LogP contribution in [0.2, 0.25) is 0 Å². The highest BCUT2D eigenvalue weighted by molar-refractivity contribution is 7.98. The summed E-state index contributed by atoms with van der Waals surface area (Å²) >= 11 is 1.46. The van der Waals surface area contributed by atoms with Crippen LogP contribution in [0, 0.1) is 5.41 Å². The molecule has 33 heavy (non-hydrogen) atoms. The van der Waals surface area contributed by atoms with E-state index in [1.54, 1.807) is 6.07 Å². The van der Waals surface area contributed by atoms with Crippen LogP contribution >= 0.6 is 11.8 Å². The molecule has 2 aromatic carbocycles. The van der Waals surface area contributed by atoms with Crippen molar-refractivity contribution in [1.82, 2.24) is 0 Å². The molecule has 0 saturated carbocycles. The van der Waals surface area contributed by atoms with E-state index in [9.17, 15) is 13.2 Å². The number of carboxylic acid groups (broad SMARTS) is 1. The minimum Gasteiger partial charge on any atom is -0.492 e. The summed E-state index contributed by atoms with van der Waals surface area (Å²) in [6, 6.07) is 13.4. The lowest BCUT2D eigenvalue weighted by Crippen LogP contribution is -2.37. The first-order valence-corrected chi connectivity index (χ1v) is 14.2. The zero-order valence-electron chi connectivity index (χ0n) is 19.5. The van der Waals surface area contributed by atoms with Gasteiger partial charge in [-0.15, -0.1) is 11.8 Å². The SMILES string of the molecule is CCCCC1(CC)CN(c2ccccc2)c2cc(SC)c(OCCC(=O)O)cc2S(=O)(=O)C1. The van der Waals surface area contributed by atoms with E-state index in [0.29, 0.717) is 18.0 Å². The Morgan fingerprint density at radius 2 is 1.94 bits per heavy atom. The van der Waals surface area contributed by atoms with Crippen molar-refractivity contribution in [2.45, 2.75) is 55.7 Å². The third-order valence-electron chi connectivity index (χ3n) is 6.31. The van der Waals surface area contributed by atoms with Crippen LogP contribution < -0.4 is 9.64 Å². The van der Waals surface area contributed by atoms with Gasteiger partial charge in [0.25, 0.3) is 0 Å². The standard InChI is InChI=1S/C25H33NO5S2/c1-4-6-13-25(5-2)17-26(19-10-8-7-9-11-19)20-15-22(32-3)21(31-14-12-24(27)28)16-23(20)33(29,30)18-25/h7-11,15-16H,4-6,12-14,17-18H2,1-3H3,(H,27,28). The zero-order chi connectivity index (χ0) is 24.1. The largest absolute Gasteiger partial charge is 0.492 e. The van der Waals surface area contributed by atoms with Crippen molar-refractivity contribution in [3.05, 3.63) is 42.5 Å². The second-order valence-electron chi connectivity index (χ2n) is 8.60. The molecule has 0 amide bonds. The summed E-state index contributed by atoms with van der Waals surface area (Å²) in [6.45, 7) is 4.81. The van der Waals surface area contributed by atoms with E-state index in [2.05, 4.69) is 18.7 Å². The highest BCUT2D eigenvalue weighted by Crippen LogP contribution is 2.47. The third-order valence-corrected chi connectivity index (χ3v) is 9.06. The van der Waals surface area contributed by atoms with Crippen molar-refractivity contribution in [3.8, 4) is 5.75 Å². The van der Waals surface area contributed by atoms with Gasteiger partial charge in [0.15, 0.2) is 9.84 Å². The van der Waals surface area contributed by atoms with Gasteiger partial charge in [0.05, 0.1) is 34.3 Å². The maximum atomic E-state index is 13.8. The molecule has 0 bridgehead atoms. The number of aliphatic carboxylic acids is 1. The van der Waals surface area contributed by atoms with Crippen LogP contribution in [-0.2, 0) is 14.6 Å². The van der Waals surface area contributed by atoms with Gasteiger partial charge in [0.1, 0.15) is 5.75 Å². The average molecular weight is 492 g/mol. The number of sulfone groups is 1. The lowest BCUT2D eigenvalue weighted by molar-refractivity contribution is -0.137. The number of carbonyl (C=O) groups is 1. The van der Waals surface area contributed by atoms with Crippen molar-refractivity contribution in [3.63, 3.8) is 0 Å². The minimum atomic E-state index is -3.61. The molecule has 0 aliphatic carbocycles. The molecule has 0 spiro atoms. The summed E-state index contributed by atoms with van der Waals surface area (Å²) in [5, 5.41) is 8.96. The maximum Gasteiger partial charge on any atom is 0.306 e. The topological polar surface area (TPSA) is 83.9 Å². The Balaban J connectivity index is 2.18. The van der Waals surface area contributed by atoms with Gasteiger partial charge in [0, 0.05) is 23.7 Å². The van der Waals surface area contributed by atoms with Crippen LogP contribution in [0.5, 0.6) is 5.75 Å². The van der Waals surface area contributed by atoms with Crippen LogP contribution in [0.25, 0.3) is 0 Å². The Morgan fingerprint density at radius 3 is 2.55 bits per heavy atom. The number of hydrogen-bond acceptors (Lipinski definition) is 6. The number of benzene rings is 2. The van der Waals surface area contributed by atoms with E-state index >= 15 is 0 Å². The molecule has 1 aliphatic heterocycles. The van der Waals surface area contributed by atoms with Gasteiger partial charge in [-0.25, -0.2) is 8.42 Å². The number of fused-ring (bicyclic) bond motifs is 1. The van der Waals surface area contributed by atoms with Crippen molar-refractivity contribution in [1.29, 1.82) is 0 Å². The molecule has 3 rings (SSSR count). The van der Waals surface area contributed by atoms with Gasteiger partial charge in [-0.2, -0.15) is 0 Å². The summed E-state index contributed by atoms with van der Waals surface area (Å²) in [7, 11) is -3.61. The number of ether oxygens (including phenoxy) is 1. The Hall–Kier alpha value is -2.19. The molecule has 0 fully saturated rings. The second kappa shape index (κ2) is 10.8. The zero-order valence-corrected chi connectivity index (χ0v) is 21.2. The number of hydrogen-bond donors (Lipinski definition) is 1. The number of para-hydroxylation sites is 1. The van der Waals surface area contributed by atoms with E-state index in [1.807, 2.05) is 42.7 Å². The summed E-state index contributed by atoms with van der Waals surface area (Å²) in [4.78, 5) is 14.1. The molecule has 1 atom stereocenters. The number of unbranched alkanes of at least 4 members (excludes halogenated alkanes) is 1. The van der Waals surface area contributed by atoms with E-state index in [0.717, 1.165) is 36.3 Å². The predicted octanol–water partition coefficient (Wildman–Crippen LogP) is 5.77. The van der Waals surface area contributed by atoms with Crippen LogP contribution in [0.1, 0.15) is 46.0 Å². The fourth-order valence-corrected chi connectivity index (χ4v) is 7.11. The quantitative estimate of drug-likeness (QED) is 0.422. The highest BCUT2D eigenvalue weighted by Gasteiger charge is 2.41. The number of thioether (sulfide) groups is 1. The van der Waals surface area contributed by atoms with Crippen molar-refractivity contribution >= 4 is 38.9 Å². The Morgan fingerprint density at radius 1 is 1.21 bits per heavy atom. The molecule has 1 aliphatic rings. The van der Waals surface area contributed by atoms with Crippen LogP contribution in [0.15, 0.2) is 52.3 Å². The molecule has 1 heterocycles. The van der Waals surface area contributed by atoms with E-state index in [4.69, 9.17) is 9.84 Å². The van der Waals surface area contributed by atoms with Gasteiger partial charge in [-0.1, -0.05) is 44.9 Å². The molecule has 0 saturated heterocycles. The van der Waals surface area contributed by atoms with E-state index < -0.39 is 15.8 Å². The van der Waals surface area contributed by atoms with Crippen LogP contribution in [0.3, 0.4) is 0 Å². The van der Waals surface area contributed by atoms with Crippen molar-refractivity contribution < 1.29 is 23.1 Å². The second-order valence-corrected chi connectivity index (χ2v) is 11.4. The molecule has 0 aromatic heterocycles.